The van der Waals surface area contributed by atoms with Crippen molar-refractivity contribution < 1.29 is 0 Å². The number of aryl methyl sites for hydroxylation is 1. The van der Waals surface area contributed by atoms with E-state index in [4.69, 9.17) is 11.0 Å². The van der Waals surface area contributed by atoms with Crippen LogP contribution in [0.25, 0.3) is 0 Å². The fourth-order valence-corrected chi connectivity index (χ4v) is 1.69. The quantitative estimate of drug-likeness (QED) is 0.874. The number of nitrogens with one attached hydrogen (secondary N) is 1. The van der Waals surface area contributed by atoms with E-state index >= 15 is 0 Å². The Morgan fingerprint density at radius 3 is 2.63 bits per heavy atom. The normalized spacial score (nSPS) is 9.89. The first-order chi connectivity index (χ1) is 9.21. The summed E-state index contributed by atoms with van der Waals surface area (Å²) in [5.41, 5.74) is 7.24. The first-order valence-electron chi connectivity index (χ1n) is 6.12. The summed E-state index contributed by atoms with van der Waals surface area (Å²) in [6.45, 7) is 2.07. The molecule has 2 rings (SSSR count). The molecule has 1 aromatic carbocycles. The molecule has 0 aliphatic rings. The van der Waals surface area contributed by atoms with Crippen LogP contribution in [0.3, 0.4) is 0 Å². The number of hydrogen-bond acceptors (Lipinski definition) is 5. The van der Waals surface area contributed by atoms with Gasteiger partial charge in [0.1, 0.15) is 17.5 Å². The summed E-state index contributed by atoms with van der Waals surface area (Å²) in [5.74, 6) is 1.86. The van der Waals surface area contributed by atoms with Crippen molar-refractivity contribution in [1.82, 2.24) is 9.97 Å². The number of nitrogens with zero attached hydrogens (tertiary/aromatic N) is 3. The molecule has 0 saturated carbocycles. The van der Waals surface area contributed by atoms with E-state index in [2.05, 4.69) is 28.3 Å². The summed E-state index contributed by atoms with van der Waals surface area (Å²) >= 11 is 0. The number of hydrogen-bond donors (Lipinski definition) is 2. The molecular weight excluding hydrogens is 238 g/mol. The molecule has 0 bridgehead atoms. The second kappa shape index (κ2) is 5.83. The van der Waals surface area contributed by atoms with Crippen LogP contribution in [0.1, 0.15) is 24.7 Å². The zero-order chi connectivity index (χ0) is 13.7. The molecule has 1 aromatic heterocycles. The minimum atomic E-state index is 0.453. The molecule has 0 aliphatic heterocycles. The van der Waals surface area contributed by atoms with Crippen molar-refractivity contribution in [3.63, 3.8) is 0 Å². The first kappa shape index (κ1) is 12.8. The topological polar surface area (TPSA) is 87.6 Å². The van der Waals surface area contributed by atoms with Crippen LogP contribution in [0.4, 0.5) is 17.3 Å². The SMILES string of the molecule is CCCc1nc(N)cc(Nc2ccc(C#N)cc2)n1. The lowest BCUT2D eigenvalue weighted by molar-refractivity contribution is 0.839. The highest BCUT2D eigenvalue weighted by Crippen LogP contribution is 2.17. The summed E-state index contributed by atoms with van der Waals surface area (Å²) in [5, 5.41) is 11.9. The van der Waals surface area contributed by atoms with E-state index in [-0.39, 0.29) is 0 Å². The summed E-state index contributed by atoms with van der Waals surface area (Å²) < 4.78 is 0. The maximum Gasteiger partial charge on any atom is 0.136 e. The number of nitrogen functional groups attached to an aromatic ring is 1. The molecule has 0 radical (unpaired) electrons. The summed E-state index contributed by atoms with van der Waals surface area (Å²) in [6.07, 6.45) is 1.77. The first-order valence-corrected chi connectivity index (χ1v) is 6.12. The number of benzene rings is 1. The van der Waals surface area contributed by atoms with Crippen molar-refractivity contribution >= 4 is 17.3 Å². The van der Waals surface area contributed by atoms with E-state index in [9.17, 15) is 0 Å². The van der Waals surface area contributed by atoms with E-state index < -0.39 is 0 Å². The third-order valence-corrected chi connectivity index (χ3v) is 2.55. The highest BCUT2D eigenvalue weighted by atomic mass is 15.0. The minimum Gasteiger partial charge on any atom is -0.384 e. The van der Waals surface area contributed by atoms with Crippen LogP contribution in [0.5, 0.6) is 0 Å². The molecule has 96 valence electrons. The monoisotopic (exact) mass is 253 g/mol. The fourth-order valence-electron chi connectivity index (χ4n) is 1.69. The van der Waals surface area contributed by atoms with Crippen molar-refractivity contribution in [1.29, 1.82) is 5.26 Å². The summed E-state index contributed by atoms with van der Waals surface area (Å²) in [6, 6.07) is 10.9. The third-order valence-electron chi connectivity index (χ3n) is 2.55. The Morgan fingerprint density at radius 2 is 2.00 bits per heavy atom. The molecule has 0 spiro atoms. The Labute approximate surface area is 112 Å². The van der Waals surface area contributed by atoms with Crippen LogP contribution in [-0.4, -0.2) is 9.97 Å². The van der Waals surface area contributed by atoms with Gasteiger partial charge in [0, 0.05) is 18.2 Å². The number of anilines is 3. The van der Waals surface area contributed by atoms with Crippen molar-refractivity contribution in [3.8, 4) is 6.07 Å². The van der Waals surface area contributed by atoms with Gasteiger partial charge in [-0.25, -0.2) is 9.97 Å². The highest BCUT2D eigenvalue weighted by molar-refractivity contribution is 5.59. The van der Waals surface area contributed by atoms with Crippen molar-refractivity contribution in [3.05, 3.63) is 41.7 Å². The molecule has 0 fully saturated rings. The van der Waals surface area contributed by atoms with Gasteiger partial charge in [0.15, 0.2) is 0 Å². The van der Waals surface area contributed by atoms with Gasteiger partial charge in [0.05, 0.1) is 11.6 Å². The average Bonchev–Trinajstić information content (AvgIpc) is 2.39. The van der Waals surface area contributed by atoms with Crippen LogP contribution in [0, 0.1) is 11.3 Å². The molecule has 19 heavy (non-hydrogen) atoms. The van der Waals surface area contributed by atoms with Gasteiger partial charge in [-0.15, -0.1) is 0 Å². The number of aromatic nitrogens is 2. The van der Waals surface area contributed by atoms with Gasteiger partial charge in [0.25, 0.3) is 0 Å². The molecule has 0 atom stereocenters. The lowest BCUT2D eigenvalue weighted by Crippen LogP contribution is -2.03. The van der Waals surface area contributed by atoms with Crippen LogP contribution < -0.4 is 11.1 Å². The van der Waals surface area contributed by atoms with Gasteiger partial charge in [-0.1, -0.05) is 6.92 Å². The van der Waals surface area contributed by atoms with Crippen LogP contribution in [0.15, 0.2) is 30.3 Å². The number of nitriles is 1. The van der Waals surface area contributed by atoms with Crippen LogP contribution >= 0.6 is 0 Å². The average molecular weight is 253 g/mol. The van der Waals surface area contributed by atoms with E-state index in [1.807, 2.05) is 12.1 Å². The van der Waals surface area contributed by atoms with Crippen molar-refractivity contribution in [2.45, 2.75) is 19.8 Å². The molecule has 2 aromatic rings. The van der Waals surface area contributed by atoms with Crippen molar-refractivity contribution in [2.75, 3.05) is 11.1 Å². The Hall–Kier alpha value is -2.61. The Balaban J connectivity index is 2.20. The van der Waals surface area contributed by atoms with E-state index in [0.29, 0.717) is 17.2 Å². The molecule has 1 heterocycles. The number of rotatable bonds is 4. The standard InChI is InChI=1S/C14H15N5/c1-2-3-13-18-12(16)8-14(19-13)17-11-6-4-10(9-15)5-7-11/h4-8H,2-3H2,1H3,(H3,16,17,18,19). The minimum absolute atomic E-state index is 0.453. The lowest BCUT2D eigenvalue weighted by Gasteiger charge is -2.08. The maximum absolute atomic E-state index is 8.74. The number of nitrogens with two attached hydrogens (primary N) is 1. The molecule has 0 amide bonds. The molecule has 5 heteroatoms. The van der Waals surface area contributed by atoms with Gasteiger partial charge in [-0.05, 0) is 30.7 Å². The van der Waals surface area contributed by atoms with Crippen LogP contribution in [-0.2, 0) is 6.42 Å². The van der Waals surface area contributed by atoms with Gasteiger partial charge >= 0.3 is 0 Å². The third kappa shape index (κ3) is 3.42. The van der Waals surface area contributed by atoms with Gasteiger partial charge in [-0.3, -0.25) is 0 Å². The molecular formula is C14H15N5. The van der Waals surface area contributed by atoms with E-state index in [0.717, 1.165) is 24.4 Å². The van der Waals surface area contributed by atoms with E-state index in [1.165, 1.54) is 0 Å². The van der Waals surface area contributed by atoms with Crippen molar-refractivity contribution in [2.24, 2.45) is 0 Å². The summed E-state index contributed by atoms with van der Waals surface area (Å²) in [4.78, 5) is 8.57. The largest absolute Gasteiger partial charge is 0.384 e. The second-order valence-electron chi connectivity index (χ2n) is 4.16. The second-order valence-corrected chi connectivity index (χ2v) is 4.16. The smallest absolute Gasteiger partial charge is 0.136 e. The van der Waals surface area contributed by atoms with Gasteiger partial charge in [0.2, 0.25) is 0 Å². The maximum atomic E-state index is 8.74. The molecule has 0 unspecified atom stereocenters. The van der Waals surface area contributed by atoms with Gasteiger partial charge < -0.3 is 11.1 Å². The van der Waals surface area contributed by atoms with Crippen LogP contribution in [0.2, 0.25) is 0 Å². The zero-order valence-corrected chi connectivity index (χ0v) is 10.7. The lowest BCUT2D eigenvalue weighted by atomic mass is 10.2. The van der Waals surface area contributed by atoms with E-state index in [1.54, 1.807) is 18.2 Å². The van der Waals surface area contributed by atoms with Gasteiger partial charge in [-0.2, -0.15) is 5.26 Å². The zero-order valence-electron chi connectivity index (χ0n) is 10.7. The molecule has 0 aliphatic carbocycles. The molecule has 0 saturated heterocycles. The summed E-state index contributed by atoms with van der Waals surface area (Å²) in [7, 11) is 0. The Bertz CT molecular complexity index is 598. The molecule has 5 nitrogen and oxygen atoms in total. The highest BCUT2D eigenvalue weighted by Gasteiger charge is 2.02. The Morgan fingerprint density at radius 1 is 1.26 bits per heavy atom. The predicted molar refractivity (Wildman–Crippen MR) is 74.9 cm³/mol. The fraction of sp³-hybridized carbons (Fsp3) is 0.214. The predicted octanol–water partition coefficient (Wildman–Crippen LogP) is 2.63. The Kier molecular flexibility index (Phi) is 3.94. The molecule has 3 N–H and O–H groups in total.